The molecule has 31 heavy (non-hydrogen) atoms. The van der Waals surface area contributed by atoms with Gasteiger partial charge in [-0.2, -0.15) is 0 Å². The van der Waals surface area contributed by atoms with Crippen molar-refractivity contribution in [2.75, 3.05) is 44.3 Å². The molecule has 8 nitrogen and oxygen atoms in total. The Morgan fingerprint density at radius 3 is 2.71 bits per heavy atom. The minimum absolute atomic E-state index is 0.0247. The molecule has 0 N–H and O–H groups in total. The van der Waals surface area contributed by atoms with Gasteiger partial charge >= 0.3 is 0 Å². The molecule has 1 atom stereocenters. The van der Waals surface area contributed by atoms with E-state index in [1.165, 1.54) is 6.07 Å². The van der Waals surface area contributed by atoms with Gasteiger partial charge in [0.1, 0.15) is 18.0 Å². The number of carbonyl (C=O) groups excluding carboxylic acids is 1. The summed E-state index contributed by atoms with van der Waals surface area (Å²) in [5, 5.41) is 11.7. The molecule has 2 aromatic rings. The largest absolute Gasteiger partial charge is 0.491 e. The molecule has 0 radical (unpaired) electrons. The van der Waals surface area contributed by atoms with E-state index in [0.717, 1.165) is 19.4 Å². The fourth-order valence-electron chi connectivity index (χ4n) is 3.93. The van der Waals surface area contributed by atoms with Gasteiger partial charge in [-0.15, -0.1) is 0 Å². The second kappa shape index (κ2) is 9.53. The number of ether oxygens (including phenoxy) is 2. The Balaban J connectivity index is 1.37. The van der Waals surface area contributed by atoms with Crippen molar-refractivity contribution in [1.29, 1.82) is 0 Å². The van der Waals surface area contributed by atoms with E-state index in [9.17, 15) is 14.9 Å². The van der Waals surface area contributed by atoms with Crippen LogP contribution in [0.3, 0.4) is 0 Å². The Morgan fingerprint density at radius 1 is 1.19 bits per heavy atom. The zero-order chi connectivity index (χ0) is 21.8. The van der Waals surface area contributed by atoms with Crippen molar-refractivity contribution in [2.24, 2.45) is 0 Å². The highest BCUT2D eigenvalue weighted by molar-refractivity contribution is 6.30. The van der Waals surface area contributed by atoms with Crippen LogP contribution in [0.5, 0.6) is 5.75 Å². The van der Waals surface area contributed by atoms with Gasteiger partial charge in [0.2, 0.25) is 0 Å². The van der Waals surface area contributed by atoms with E-state index < -0.39 is 4.92 Å². The highest BCUT2D eigenvalue weighted by atomic mass is 35.5. The smallest absolute Gasteiger partial charge is 0.294 e. The van der Waals surface area contributed by atoms with Crippen molar-refractivity contribution in [3.63, 3.8) is 0 Å². The first-order valence-corrected chi connectivity index (χ1v) is 10.7. The molecule has 9 heteroatoms. The number of amides is 1. The van der Waals surface area contributed by atoms with Crippen LogP contribution in [0.15, 0.2) is 42.5 Å². The van der Waals surface area contributed by atoms with Gasteiger partial charge < -0.3 is 19.3 Å². The molecule has 0 aromatic heterocycles. The van der Waals surface area contributed by atoms with Crippen molar-refractivity contribution < 1.29 is 19.2 Å². The Morgan fingerprint density at radius 2 is 2.00 bits per heavy atom. The summed E-state index contributed by atoms with van der Waals surface area (Å²) in [6, 6.07) is 11.8. The summed E-state index contributed by atoms with van der Waals surface area (Å²) in [6.45, 7) is 3.21. The number of rotatable bonds is 6. The predicted octanol–water partition coefficient (Wildman–Crippen LogP) is 3.77. The topological polar surface area (TPSA) is 85.2 Å². The second-order valence-corrected chi connectivity index (χ2v) is 8.08. The molecule has 0 spiro atoms. The van der Waals surface area contributed by atoms with E-state index in [2.05, 4.69) is 0 Å². The molecule has 0 saturated carbocycles. The minimum Gasteiger partial charge on any atom is -0.491 e. The fraction of sp³-hybridized carbons (Fsp3) is 0.409. The Bertz CT molecular complexity index is 956. The maximum Gasteiger partial charge on any atom is 0.294 e. The lowest BCUT2D eigenvalue weighted by molar-refractivity contribution is -0.384. The average molecular weight is 446 g/mol. The zero-order valence-corrected chi connectivity index (χ0v) is 17.8. The maximum atomic E-state index is 13.0. The molecule has 2 fully saturated rings. The quantitative estimate of drug-likeness (QED) is 0.497. The molecule has 1 amide bonds. The number of anilines is 1. The van der Waals surface area contributed by atoms with E-state index in [-0.39, 0.29) is 17.7 Å². The molecule has 2 aromatic carbocycles. The summed E-state index contributed by atoms with van der Waals surface area (Å²) in [5.41, 5.74) is 1.06. The number of piperazine rings is 1. The molecule has 2 aliphatic rings. The summed E-state index contributed by atoms with van der Waals surface area (Å²) >= 11 is 5.91. The van der Waals surface area contributed by atoms with Gasteiger partial charge in [-0.3, -0.25) is 14.9 Å². The van der Waals surface area contributed by atoms with Gasteiger partial charge in [0.25, 0.3) is 11.6 Å². The number of carbonyl (C=O) groups is 1. The van der Waals surface area contributed by atoms with E-state index in [1.807, 2.05) is 17.0 Å². The summed E-state index contributed by atoms with van der Waals surface area (Å²) < 4.78 is 11.4. The van der Waals surface area contributed by atoms with E-state index >= 15 is 0 Å². The van der Waals surface area contributed by atoms with Crippen LogP contribution in [0.25, 0.3) is 0 Å². The Labute approximate surface area is 185 Å². The standard InChI is InChI=1S/C22H24ClN3O5/c23-17-6-7-20(21(14-17)26(28)29)24-8-10-25(11-9-24)22(27)16-3-1-4-18(13-16)31-15-19-5-2-12-30-19/h1,3-4,6-7,13-14,19H,2,5,8-12,15H2. The van der Waals surface area contributed by atoms with Crippen LogP contribution in [0.4, 0.5) is 11.4 Å². The number of halogens is 1. The second-order valence-electron chi connectivity index (χ2n) is 7.64. The van der Waals surface area contributed by atoms with Gasteiger partial charge in [-0.05, 0) is 43.2 Å². The summed E-state index contributed by atoms with van der Waals surface area (Å²) in [7, 11) is 0. The first kappa shape index (κ1) is 21.4. The third-order valence-corrected chi connectivity index (χ3v) is 5.82. The molecule has 2 aliphatic heterocycles. The lowest BCUT2D eigenvalue weighted by atomic mass is 10.1. The van der Waals surface area contributed by atoms with Crippen LogP contribution in [0, 0.1) is 10.1 Å². The highest BCUT2D eigenvalue weighted by Gasteiger charge is 2.27. The van der Waals surface area contributed by atoms with Crippen molar-refractivity contribution in [3.05, 3.63) is 63.2 Å². The van der Waals surface area contributed by atoms with E-state index in [1.54, 1.807) is 29.2 Å². The normalized spacial score (nSPS) is 18.8. The lowest BCUT2D eigenvalue weighted by Crippen LogP contribution is -2.49. The molecular formula is C22H24ClN3O5. The molecule has 4 rings (SSSR count). The maximum absolute atomic E-state index is 13.0. The number of benzene rings is 2. The van der Waals surface area contributed by atoms with Crippen molar-refractivity contribution in [3.8, 4) is 5.75 Å². The molecule has 2 heterocycles. The number of nitrogens with zero attached hydrogens (tertiary/aromatic N) is 3. The van der Waals surface area contributed by atoms with Crippen LogP contribution in [0.1, 0.15) is 23.2 Å². The molecule has 0 aliphatic carbocycles. The third kappa shape index (κ3) is 5.08. The van der Waals surface area contributed by atoms with Gasteiger partial charge in [0.05, 0.1) is 11.0 Å². The van der Waals surface area contributed by atoms with Crippen molar-refractivity contribution in [2.45, 2.75) is 18.9 Å². The monoisotopic (exact) mass is 445 g/mol. The third-order valence-electron chi connectivity index (χ3n) is 5.58. The highest BCUT2D eigenvalue weighted by Crippen LogP contribution is 2.31. The minimum atomic E-state index is -0.430. The van der Waals surface area contributed by atoms with Crippen LogP contribution < -0.4 is 9.64 Å². The molecular weight excluding hydrogens is 422 g/mol. The number of nitro benzene ring substituents is 1. The lowest BCUT2D eigenvalue weighted by Gasteiger charge is -2.35. The summed E-state index contributed by atoms with van der Waals surface area (Å²) in [4.78, 5) is 27.6. The predicted molar refractivity (Wildman–Crippen MR) is 117 cm³/mol. The van der Waals surface area contributed by atoms with Crippen molar-refractivity contribution >= 4 is 28.9 Å². The molecule has 164 valence electrons. The van der Waals surface area contributed by atoms with Gasteiger partial charge in [0.15, 0.2) is 0 Å². The van der Waals surface area contributed by atoms with Crippen LogP contribution in [0.2, 0.25) is 5.02 Å². The Hall–Kier alpha value is -2.84. The van der Waals surface area contributed by atoms with Gasteiger partial charge in [-0.25, -0.2) is 0 Å². The molecule has 0 bridgehead atoms. The first-order valence-electron chi connectivity index (χ1n) is 10.3. The van der Waals surface area contributed by atoms with Gasteiger partial charge in [0, 0.05) is 49.4 Å². The van der Waals surface area contributed by atoms with Crippen LogP contribution >= 0.6 is 11.6 Å². The van der Waals surface area contributed by atoms with E-state index in [0.29, 0.717) is 54.8 Å². The fourth-order valence-corrected chi connectivity index (χ4v) is 4.09. The average Bonchev–Trinajstić information content (AvgIpc) is 3.31. The zero-order valence-electron chi connectivity index (χ0n) is 17.0. The Kier molecular flexibility index (Phi) is 6.58. The molecule has 2 saturated heterocycles. The molecule has 1 unspecified atom stereocenters. The first-order chi connectivity index (χ1) is 15.0. The van der Waals surface area contributed by atoms with Crippen LogP contribution in [-0.2, 0) is 4.74 Å². The van der Waals surface area contributed by atoms with E-state index in [4.69, 9.17) is 21.1 Å². The summed E-state index contributed by atoms with van der Waals surface area (Å²) in [5.74, 6) is 0.574. The van der Waals surface area contributed by atoms with Crippen molar-refractivity contribution in [1.82, 2.24) is 4.90 Å². The summed E-state index contributed by atoms with van der Waals surface area (Å²) in [6.07, 6.45) is 2.16. The number of nitro groups is 1. The number of hydrogen-bond acceptors (Lipinski definition) is 6. The van der Waals surface area contributed by atoms with Gasteiger partial charge in [-0.1, -0.05) is 17.7 Å². The number of hydrogen-bond donors (Lipinski definition) is 0. The SMILES string of the molecule is O=C(c1cccc(OCC2CCCO2)c1)N1CCN(c2ccc(Cl)cc2[N+](=O)[O-])CC1. The van der Waals surface area contributed by atoms with Crippen LogP contribution in [-0.4, -0.2) is 61.2 Å².